The van der Waals surface area contributed by atoms with Crippen LogP contribution in [0.15, 0.2) is 52.6 Å². The van der Waals surface area contributed by atoms with Gasteiger partial charge in [0, 0.05) is 24.1 Å². The molecule has 0 saturated heterocycles. The third kappa shape index (κ3) is 7.11. The second kappa shape index (κ2) is 11.6. The first kappa shape index (κ1) is 24.4. The Balaban J connectivity index is 1.78. The highest BCUT2D eigenvalue weighted by molar-refractivity contribution is 6.02. The second-order valence-electron chi connectivity index (χ2n) is 7.94. The number of nitrogens with zero attached hydrogens (tertiary/aromatic N) is 2. The predicted octanol–water partition coefficient (Wildman–Crippen LogP) is 4.17. The summed E-state index contributed by atoms with van der Waals surface area (Å²) in [7, 11) is 1.63. The molecular formula is C23H26F3N5O2. The van der Waals surface area contributed by atoms with Crippen LogP contribution in [0.1, 0.15) is 54.1 Å². The van der Waals surface area contributed by atoms with Crippen molar-refractivity contribution in [3.05, 3.63) is 76.0 Å². The van der Waals surface area contributed by atoms with Crippen LogP contribution >= 0.6 is 0 Å². The minimum Gasteiger partial charge on any atom is -0.353 e. The molecule has 0 aromatic heterocycles. The lowest BCUT2D eigenvalue weighted by molar-refractivity contribution is 0.100. The molecule has 0 bridgehead atoms. The molecule has 0 radical (unpaired) electrons. The molecule has 2 atom stereocenters. The number of guanidine groups is 1. The first-order valence-electron chi connectivity index (χ1n) is 10.8. The summed E-state index contributed by atoms with van der Waals surface area (Å²) < 4.78 is 40.4. The maximum Gasteiger partial charge on any atom is 0.280 e. The van der Waals surface area contributed by atoms with Crippen LogP contribution in [0, 0.1) is 22.4 Å². The molecule has 2 aromatic carbocycles. The Morgan fingerprint density at radius 3 is 2.24 bits per heavy atom. The van der Waals surface area contributed by atoms with Gasteiger partial charge >= 0.3 is 0 Å². The van der Waals surface area contributed by atoms with E-state index in [1.807, 2.05) is 0 Å². The van der Waals surface area contributed by atoms with Gasteiger partial charge in [0.2, 0.25) is 5.96 Å². The fraction of sp³-hybridized carbons (Fsp3) is 0.391. The van der Waals surface area contributed by atoms with Crippen molar-refractivity contribution in [1.82, 2.24) is 16.0 Å². The van der Waals surface area contributed by atoms with Gasteiger partial charge < -0.3 is 16.0 Å². The van der Waals surface area contributed by atoms with E-state index in [0.717, 1.165) is 43.9 Å². The summed E-state index contributed by atoms with van der Waals surface area (Å²) >= 11 is 0. The van der Waals surface area contributed by atoms with Crippen LogP contribution in [0.25, 0.3) is 0 Å². The summed E-state index contributed by atoms with van der Waals surface area (Å²) in [5, 5.41) is 12.3. The number of amides is 1. The van der Waals surface area contributed by atoms with Gasteiger partial charge in [-0.15, -0.1) is 0 Å². The molecule has 10 heteroatoms. The number of hydrogen-bond donors (Lipinski definition) is 3. The number of halogens is 3. The maximum atomic E-state index is 13.6. The van der Waals surface area contributed by atoms with Crippen LogP contribution in [-0.2, 0) is 0 Å². The lowest BCUT2D eigenvalue weighted by atomic mass is 10.0. The third-order valence-corrected chi connectivity index (χ3v) is 5.52. The molecule has 2 unspecified atom stereocenters. The molecule has 3 rings (SSSR count). The molecule has 0 spiro atoms. The van der Waals surface area contributed by atoms with E-state index < -0.39 is 35.6 Å². The zero-order chi connectivity index (χ0) is 23.8. The molecule has 1 amide bonds. The number of hydrogen-bond acceptors (Lipinski definition) is 4. The summed E-state index contributed by atoms with van der Waals surface area (Å²) in [6, 6.07) is 6.95. The van der Waals surface area contributed by atoms with Gasteiger partial charge in [-0.1, -0.05) is 18.0 Å². The lowest BCUT2D eigenvalue weighted by Crippen LogP contribution is -2.52. The summed E-state index contributed by atoms with van der Waals surface area (Å²) in [4.78, 5) is 28.2. The standard InChI is InChI=1S/C23H26F3N5O2/c1-27-21(13-20(31-33)15-10-17(25)12-18(26)11-15)29-23(28-19-4-2-3-5-19)30-22(32)14-6-8-16(24)9-7-14/h6-12,19-21,27H,2-5,13H2,1H3,(H2,28,29,30,32). The van der Waals surface area contributed by atoms with Gasteiger partial charge in [-0.05, 0) is 61.9 Å². The van der Waals surface area contributed by atoms with Crippen molar-refractivity contribution in [2.45, 2.75) is 50.4 Å². The van der Waals surface area contributed by atoms with Gasteiger partial charge in [-0.3, -0.25) is 4.79 Å². The molecule has 1 aliphatic rings. The van der Waals surface area contributed by atoms with E-state index >= 15 is 0 Å². The number of benzene rings is 2. The number of rotatable bonds is 8. The monoisotopic (exact) mass is 461 g/mol. The summed E-state index contributed by atoms with van der Waals surface area (Å²) in [6.45, 7) is 0. The van der Waals surface area contributed by atoms with Gasteiger partial charge in [-0.25, -0.2) is 13.2 Å². The first-order valence-corrected chi connectivity index (χ1v) is 10.8. The summed E-state index contributed by atoms with van der Waals surface area (Å²) in [5.41, 5.74) is 0.321. The molecule has 0 aliphatic heterocycles. The number of nitroso groups, excluding NO2 is 1. The average molecular weight is 461 g/mol. The number of carbonyl (C=O) groups excluding carboxylic acids is 1. The zero-order valence-electron chi connectivity index (χ0n) is 18.2. The quantitative estimate of drug-likeness (QED) is 0.237. The topological polar surface area (TPSA) is 94.9 Å². The minimum atomic E-state index is -1.04. The molecule has 1 fully saturated rings. The maximum absolute atomic E-state index is 13.6. The molecule has 2 aromatic rings. The van der Waals surface area contributed by atoms with Crippen molar-refractivity contribution in [3.8, 4) is 0 Å². The highest BCUT2D eigenvalue weighted by Gasteiger charge is 2.23. The Morgan fingerprint density at radius 2 is 1.67 bits per heavy atom. The van der Waals surface area contributed by atoms with Crippen molar-refractivity contribution >= 4 is 11.9 Å². The van der Waals surface area contributed by atoms with E-state index in [1.54, 1.807) is 7.05 Å². The van der Waals surface area contributed by atoms with Crippen LogP contribution in [0.2, 0.25) is 0 Å². The van der Waals surface area contributed by atoms with Gasteiger partial charge in [0.1, 0.15) is 23.5 Å². The molecule has 176 valence electrons. The van der Waals surface area contributed by atoms with Crippen LogP contribution in [-0.4, -0.2) is 31.1 Å². The number of carbonyl (C=O) groups is 1. The molecule has 1 aliphatic carbocycles. The first-order chi connectivity index (χ1) is 15.9. The van der Waals surface area contributed by atoms with Gasteiger partial charge in [0.05, 0.1) is 6.17 Å². The third-order valence-electron chi connectivity index (χ3n) is 5.52. The van der Waals surface area contributed by atoms with Crippen molar-refractivity contribution in [2.24, 2.45) is 10.2 Å². The summed E-state index contributed by atoms with van der Waals surface area (Å²) in [5.74, 6) is -2.46. The normalized spacial score (nSPS) is 16.3. The van der Waals surface area contributed by atoms with E-state index in [9.17, 15) is 22.9 Å². The Kier molecular flexibility index (Phi) is 8.53. The molecule has 0 heterocycles. The SMILES string of the molecule is CNC(CC(N=O)c1cc(F)cc(F)c1)N/C(=N\C(=O)c1ccc(F)cc1)NC1CCCC1. The van der Waals surface area contributed by atoms with E-state index in [4.69, 9.17) is 0 Å². The van der Waals surface area contributed by atoms with Crippen molar-refractivity contribution in [2.75, 3.05) is 7.05 Å². The second-order valence-corrected chi connectivity index (χ2v) is 7.94. The molecule has 7 nitrogen and oxygen atoms in total. The van der Waals surface area contributed by atoms with Crippen LogP contribution < -0.4 is 16.0 Å². The molecule has 33 heavy (non-hydrogen) atoms. The van der Waals surface area contributed by atoms with E-state index in [1.165, 1.54) is 24.3 Å². The van der Waals surface area contributed by atoms with Crippen molar-refractivity contribution in [3.63, 3.8) is 0 Å². The predicted molar refractivity (Wildman–Crippen MR) is 119 cm³/mol. The lowest BCUT2D eigenvalue weighted by Gasteiger charge is -2.25. The fourth-order valence-electron chi connectivity index (χ4n) is 3.77. The highest BCUT2D eigenvalue weighted by Crippen LogP contribution is 2.24. The molecule has 3 N–H and O–H groups in total. The van der Waals surface area contributed by atoms with Crippen LogP contribution in [0.4, 0.5) is 13.2 Å². The Labute approximate surface area is 189 Å². The zero-order valence-corrected chi connectivity index (χ0v) is 18.2. The Morgan fingerprint density at radius 1 is 1.03 bits per heavy atom. The Hall–Kier alpha value is -3.27. The molecular weight excluding hydrogens is 435 g/mol. The largest absolute Gasteiger partial charge is 0.353 e. The van der Waals surface area contributed by atoms with E-state index in [2.05, 4.69) is 26.1 Å². The molecule has 1 saturated carbocycles. The van der Waals surface area contributed by atoms with Crippen molar-refractivity contribution < 1.29 is 18.0 Å². The van der Waals surface area contributed by atoms with Crippen molar-refractivity contribution in [1.29, 1.82) is 0 Å². The summed E-state index contributed by atoms with van der Waals surface area (Å²) in [6.07, 6.45) is 3.36. The van der Waals surface area contributed by atoms with Gasteiger partial charge in [0.15, 0.2) is 0 Å². The highest BCUT2D eigenvalue weighted by atomic mass is 19.1. The number of aliphatic imine (C=N–C) groups is 1. The smallest absolute Gasteiger partial charge is 0.280 e. The van der Waals surface area contributed by atoms with Gasteiger partial charge in [-0.2, -0.15) is 9.90 Å². The van der Waals surface area contributed by atoms with Crippen LogP contribution in [0.3, 0.4) is 0 Å². The average Bonchev–Trinajstić information content (AvgIpc) is 3.29. The Bertz CT molecular complexity index is 974. The fourth-order valence-corrected chi connectivity index (χ4v) is 3.77. The van der Waals surface area contributed by atoms with E-state index in [-0.39, 0.29) is 29.5 Å². The number of nitrogens with one attached hydrogen (secondary N) is 3. The van der Waals surface area contributed by atoms with E-state index in [0.29, 0.717) is 0 Å². The van der Waals surface area contributed by atoms with Gasteiger partial charge in [0.25, 0.3) is 5.91 Å². The minimum absolute atomic E-state index is 0.0407. The van der Waals surface area contributed by atoms with Crippen LogP contribution in [0.5, 0.6) is 0 Å².